The molecular formula is C17H21FN2O3. The summed E-state index contributed by atoms with van der Waals surface area (Å²) in [5.74, 6) is -1.15. The highest BCUT2D eigenvalue weighted by Crippen LogP contribution is 2.30. The molecule has 2 fully saturated rings. The van der Waals surface area contributed by atoms with Gasteiger partial charge in [0.15, 0.2) is 0 Å². The van der Waals surface area contributed by atoms with Crippen molar-refractivity contribution in [2.75, 3.05) is 18.5 Å². The first-order valence-corrected chi connectivity index (χ1v) is 8.06. The van der Waals surface area contributed by atoms with Crippen LogP contribution in [0.3, 0.4) is 0 Å². The van der Waals surface area contributed by atoms with Gasteiger partial charge in [0.05, 0.1) is 24.3 Å². The molecule has 2 amide bonds. The van der Waals surface area contributed by atoms with E-state index in [4.69, 9.17) is 4.74 Å². The zero-order valence-corrected chi connectivity index (χ0v) is 13.2. The molecule has 3 rings (SSSR count). The summed E-state index contributed by atoms with van der Waals surface area (Å²) in [5.41, 5.74) is 0.429. The highest BCUT2D eigenvalue weighted by atomic mass is 19.1. The molecule has 2 aliphatic rings. The zero-order chi connectivity index (χ0) is 16.4. The molecule has 0 bridgehead atoms. The predicted molar refractivity (Wildman–Crippen MR) is 83.7 cm³/mol. The molecule has 0 radical (unpaired) electrons. The van der Waals surface area contributed by atoms with Crippen LogP contribution in [0.15, 0.2) is 18.2 Å². The number of halogens is 1. The van der Waals surface area contributed by atoms with Crippen molar-refractivity contribution < 1.29 is 18.7 Å². The number of benzene rings is 1. The highest BCUT2D eigenvalue weighted by Gasteiger charge is 2.37. The lowest BCUT2D eigenvalue weighted by molar-refractivity contribution is -0.114. The third kappa shape index (κ3) is 3.37. The van der Waals surface area contributed by atoms with Crippen LogP contribution in [0, 0.1) is 5.82 Å². The first-order chi connectivity index (χ1) is 11.1. The van der Waals surface area contributed by atoms with Crippen LogP contribution in [-0.4, -0.2) is 42.0 Å². The molecule has 1 aromatic carbocycles. The van der Waals surface area contributed by atoms with Crippen molar-refractivity contribution in [3.05, 3.63) is 29.6 Å². The standard InChI is InChI=1S/C17H21FN2O3/c1-11(21)19-12-6-7-14(18)13(10-12)17(22)20-8-9-23-16-5-3-2-4-15(16)20/h6-7,10,15-16H,2-5,8-9H2,1H3,(H,19,21)/t15-,16+/m1/s1. The number of nitrogens with zero attached hydrogens (tertiary/aromatic N) is 1. The summed E-state index contributed by atoms with van der Waals surface area (Å²) >= 11 is 0. The van der Waals surface area contributed by atoms with Crippen LogP contribution in [0.1, 0.15) is 43.0 Å². The SMILES string of the molecule is CC(=O)Nc1ccc(F)c(C(=O)N2CCO[C@H]3CCCC[C@H]32)c1. The molecule has 5 nitrogen and oxygen atoms in total. The molecule has 23 heavy (non-hydrogen) atoms. The second kappa shape index (κ2) is 6.66. The maximum absolute atomic E-state index is 14.1. The van der Waals surface area contributed by atoms with E-state index in [9.17, 15) is 14.0 Å². The fraction of sp³-hybridized carbons (Fsp3) is 0.529. The van der Waals surface area contributed by atoms with Gasteiger partial charge in [0.25, 0.3) is 5.91 Å². The Hall–Kier alpha value is -1.95. The van der Waals surface area contributed by atoms with Crippen molar-refractivity contribution in [2.24, 2.45) is 0 Å². The van der Waals surface area contributed by atoms with Crippen LogP contribution in [0.25, 0.3) is 0 Å². The lowest BCUT2D eigenvalue weighted by Gasteiger charge is -2.43. The summed E-state index contributed by atoms with van der Waals surface area (Å²) in [6.45, 7) is 2.34. The van der Waals surface area contributed by atoms with Gasteiger partial charge in [-0.05, 0) is 31.0 Å². The topological polar surface area (TPSA) is 58.6 Å². The summed E-state index contributed by atoms with van der Waals surface area (Å²) in [6.07, 6.45) is 4.06. The van der Waals surface area contributed by atoms with Gasteiger partial charge in [-0.2, -0.15) is 0 Å². The van der Waals surface area contributed by atoms with Gasteiger partial charge in [0.1, 0.15) is 5.82 Å². The van der Waals surface area contributed by atoms with Crippen molar-refractivity contribution >= 4 is 17.5 Å². The summed E-state index contributed by atoms with van der Waals surface area (Å²) in [6, 6.07) is 4.11. The summed E-state index contributed by atoms with van der Waals surface area (Å²) in [4.78, 5) is 25.7. The van der Waals surface area contributed by atoms with Crippen LogP contribution < -0.4 is 5.32 Å². The zero-order valence-electron chi connectivity index (χ0n) is 13.2. The van der Waals surface area contributed by atoms with Crippen LogP contribution in [-0.2, 0) is 9.53 Å². The maximum Gasteiger partial charge on any atom is 0.257 e. The third-order valence-electron chi connectivity index (χ3n) is 4.51. The monoisotopic (exact) mass is 320 g/mol. The van der Waals surface area contributed by atoms with E-state index in [1.807, 2.05) is 0 Å². The number of amides is 2. The Bertz CT molecular complexity index is 618. The van der Waals surface area contributed by atoms with Crippen molar-refractivity contribution in [1.82, 2.24) is 4.90 Å². The minimum Gasteiger partial charge on any atom is -0.374 e. The molecule has 0 spiro atoms. The Morgan fingerprint density at radius 2 is 2.09 bits per heavy atom. The van der Waals surface area contributed by atoms with Crippen LogP contribution >= 0.6 is 0 Å². The summed E-state index contributed by atoms with van der Waals surface area (Å²) < 4.78 is 19.9. The van der Waals surface area contributed by atoms with E-state index in [-0.39, 0.29) is 29.5 Å². The van der Waals surface area contributed by atoms with Crippen molar-refractivity contribution in [2.45, 2.75) is 44.8 Å². The van der Waals surface area contributed by atoms with Gasteiger partial charge in [-0.3, -0.25) is 9.59 Å². The molecule has 1 saturated heterocycles. The van der Waals surface area contributed by atoms with E-state index in [1.54, 1.807) is 4.90 Å². The van der Waals surface area contributed by atoms with Gasteiger partial charge in [0, 0.05) is 19.2 Å². The molecule has 2 atom stereocenters. The summed E-state index contributed by atoms with van der Waals surface area (Å²) in [5, 5.41) is 2.59. The van der Waals surface area contributed by atoms with E-state index < -0.39 is 5.82 Å². The Morgan fingerprint density at radius 1 is 1.30 bits per heavy atom. The van der Waals surface area contributed by atoms with Gasteiger partial charge in [-0.1, -0.05) is 12.8 Å². The lowest BCUT2D eigenvalue weighted by atomic mass is 9.89. The molecule has 1 aliphatic carbocycles. The Morgan fingerprint density at radius 3 is 2.87 bits per heavy atom. The fourth-order valence-electron chi connectivity index (χ4n) is 3.47. The largest absolute Gasteiger partial charge is 0.374 e. The number of hydrogen-bond donors (Lipinski definition) is 1. The number of anilines is 1. The number of carbonyl (C=O) groups excluding carboxylic acids is 2. The number of nitrogens with one attached hydrogen (secondary N) is 1. The van der Waals surface area contributed by atoms with Gasteiger partial charge in [-0.25, -0.2) is 4.39 Å². The first-order valence-electron chi connectivity index (χ1n) is 8.06. The lowest BCUT2D eigenvalue weighted by Crippen LogP contribution is -2.55. The first kappa shape index (κ1) is 15.9. The fourth-order valence-corrected chi connectivity index (χ4v) is 3.47. The molecule has 0 aromatic heterocycles. The van der Waals surface area contributed by atoms with E-state index in [0.29, 0.717) is 18.8 Å². The Kier molecular flexibility index (Phi) is 4.61. The van der Waals surface area contributed by atoms with Gasteiger partial charge in [0.2, 0.25) is 5.91 Å². The average Bonchev–Trinajstić information content (AvgIpc) is 2.55. The van der Waals surface area contributed by atoms with Gasteiger partial charge < -0.3 is 15.0 Å². The molecule has 1 saturated carbocycles. The molecule has 1 aliphatic heterocycles. The van der Waals surface area contributed by atoms with E-state index in [1.165, 1.54) is 25.1 Å². The smallest absolute Gasteiger partial charge is 0.257 e. The van der Waals surface area contributed by atoms with Crippen LogP contribution in [0.4, 0.5) is 10.1 Å². The number of ether oxygens (including phenoxy) is 1. The molecule has 1 heterocycles. The highest BCUT2D eigenvalue weighted by molar-refractivity contribution is 5.97. The van der Waals surface area contributed by atoms with Crippen LogP contribution in [0.5, 0.6) is 0 Å². The molecule has 6 heteroatoms. The van der Waals surface area contributed by atoms with Gasteiger partial charge in [-0.15, -0.1) is 0 Å². The minimum atomic E-state index is -0.567. The molecule has 0 unspecified atom stereocenters. The number of fused-ring (bicyclic) bond motifs is 1. The maximum atomic E-state index is 14.1. The average molecular weight is 320 g/mol. The number of morpholine rings is 1. The quantitative estimate of drug-likeness (QED) is 0.911. The summed E-state index contributed by atoms with van der Waals surface area (Å²) in [7, 11) is 0. The van der Waals surface area contributed by atoms with Crippen molar-refractivity contribution in [3.63, 3.8) is 0 Å². The molecule has 124 valence electrons. The molecule has 1 aromatic rings. The number of carbonyl (C=O) groups is 2. The third-order valence-corrected chi connectivity index (χ3v) is 4.51. The van der Waals surface area contributed by atoms with Crippen molar-refractivity contribution in [1.29, 1.82) is 0 Å². The van der Waals surface area contributed by atoms with Crippen molar-refractivity contribution in [3.8, 4) is 0 Å². The van der Waals surface area contributed by atoms with E-state index in [2.05, 4.69) is 5.32 Å². The molecular weight excluding hydrogens is 299 g/mol. The molecule has 1 N–H and O–H groups in total. The Balaban J connectivity index is 1.85. The second-order valence-electron chi connectivity index (χ2n) is 6.14. The number of hydrogen-bond acceptors (Lipinski definition) is 3. The van der Waals surface area contributed by atoms with Crippen LogP contribution in [0.2, 0.25) is 0 Å². The van der Waals surface area contributed by atoms with Gasteiger partial charge >= 0.3 is 0 Å². The number of rotatable bonds is 2. The second-order valence-corrected chi connectivity index (χ2v) is 6.14. The predicted octanol–water partition coefficient (Wildman–Crippen LogP) is 2.57. The Labute approximate surface area is 134 Å². The van der Waals surface area contributed by atoms with E-state index >= 15 is 0 Å². The van der Waals surface area contributed by atoms with E-state index in [0.717, 1.165) is 25.7 Å². The minimum absolute atomic E-state index is 0.00229. The normalized spacial score (nSPS) is 24.0.